The van der Waals surface area contributed by atoms with Gasteiger partial charge in [-0.15, -0.1) is 0 Å². The van der Waals surface area contributed by atoms with Crippen molar-refractivity contribution in [1.82, 2.24) is 5.32 Å². The number of hydrogen-bond donors (Lipinski definition) is 3. The summed E-state index contributed by atoms with van der Waals surface area (Å²) in [6, 6.07) is 0.487. The summed E-state index contributed by atoms with van der Waals surface area (Å²) in [4.78, 5) is 0. The lowest BCUT2D eigenvalue weighted by atomic mass is 10.0. The third-order valence-electron chi connectivity index (χ3n) is 3.42. The Morgan fingerprint density at radius 3 is 1.89 bits per heavy atom. The van der Waals surface area contributed by atoms with Crippen LogP contribution in [0.3, 0.4) is 0 Å². The lowest BCUT2D eigenvalue weighted by molar-refractivity contribution is 0.000253. The number of unbranched alkanes of at least 4 members (excludes halogenated alkanes) is 4. The molecule has 0 aromatic rings. The van der Waals surface area contributed by atoms with E-state index in [0.29, 0.717) is 12.6 Å². The molecule has 18 heavy (non-hydrogen) atoms. The summed E-state index contributed by atoms with van der Waals surface area (Å²) in [7, 11) is 0. The van der Waals surface area contributed by atoms with Crippen LogP contribution in [0.5, 0.6) is 0 Å². The Hall–Kier alpha value is -0.120. The Morgan fingerprint density at radius 1 is 1.00 bits per heavy atom. The molecule has 0 spiro atoms. The summed E-state index contributed by atoms with van der Waals surface area (Å²) < 4.78 is 0. The smallest absolute Gasteiger partial charge is 0.0972 e. The Morgan fingerprint density at radius 2 is 1.50 bits per heavy atom. The SMILES string of the molecule is CCCCCC(CCCCC)NCC(C)(O)CO. The second kappa shape index (κ2) is 10.8. The van der Waals surface area contributed by atoms with Crippen molar-refractivity contribution in [2.45, 2.75) is 83.8 Å². The van der Waals surface area contributed by atoms with Crippen LogP contribution in [-0.4, -0.2) is 35.0 Å². The van der Waals surface area contributed by atoms with Crippen LogP contribution in [0.15, 0.2) is 0 Å². The van der Waals surface area contributed by atoms with Gasteiger partial charge >= 0.3 is 0 Å². The van der Waals surface area contributed by atoms with Gasteiger partial charge in [0.1, 0.15) is 0 Å². The predicted molar refractivity (Wildman–Crippen MR) is 77.8 cm³/mol. The lowest BCUT2D eigenvalue weighted by Gasteiger charge is -2.26. The highest BCUT2D eigenvalue weighted by Gasteiger charge is 2.20. The molecule has 3 nitrogen and oxygen atoms in total. The maximum Gasteiger partial charge on any atom is 0.0972 e. The molecule has 3 N–H and O–H groups in total. The first-order valence-electron chi connectivity index (χ1n) is 7.62. The van der Waals surface area contributed by atoms with Gasteiger partial charge in [-0.25, -0.2) is 0 Å². The molecule has 0 rings (SSSR count). The summed E-state index contributed by atoms with van der Waals surface area (Å²) in [6.07, 6.45) is 9.91. The van der Waals surface area contributed by atoms with E-state index >= 15 is 0 Å². The van der Waals surface area contributed by atoms with E-state index in [0.717, 1.165) is 0 Å². The van der Waals surface area contributed by atoms with Crippen LogP contribution in [0.4, 0.5) is 0 Å². The molecule has 0 aromatic heterocycles. The molecular formula is C15H33NO2. The van der Waals surface area contributed by atoms with Crippen molar-refractivity contribution in [3.05, 3.63) is 0 Å². The summed E-state index contributed by atoms with van der Waals surface area (Å²) in [5.74, 6) is 0. The largest absolute Gasteiger partial charge is 0.393 e. The summed E-state index contributed by atoms with van der Waals surface area (Å²) in [5.41, 5.74) is -0.992. The van der Waals surface area contributed by atoms with Crippen LogP contribution in [0.2, 0.25) is 0 Å². The first-order chi connectivity index (χ1) is 8.55. The van der Waals surface area contributed by atoms with Crippen molar-refractivity contribution in [3.8, 4) is 0 Å². The monoisotopic (exact) mass is 259 g/mol. The van der Waals surface area contributed by atoms with Crippen molar-refractivity contribution in [2.24, 2.45) is 0 Å². The van der Waals surface area contributed by atoms with Crippen molar-refractivity contribution < 1.29 is 10.2 Å². The topological polar surface area (TPSA) is 52.5 Å². The van der Waals surface area contributed by atoms with E-state index in [1.165, 1.54) is 51.4 Å². The first-order valence-corrected chi connectivity index (χ1v) is 7.62. The van der Waals surface area contributed by atoms with Crippen molar-refractivity contribution in [3.63, 3.8) is 0 Å². The molecule has 0 fully saturated rings. The molecule has 1 unspecified atom stereocenters. The molecule has 0 saturated carbocycles. The van der Waals surface area contributed by atoms with E-state index in [9.17, 15) is 5.11 Å². The molecule has 0 aliphatic heterocycles. The van der Waals surface area contributed by atoms with Crippen molar-refractivity contribution in [2.75, 3.05) is 13.2 Å². The molecule has 3 heteroatoms. The number of hydrogen-bond acceptors (Lipinski definition) is 3. The number of aliphatic hydroxyl groups is 2. The summed E-state index contributed by atoms with van der Waals surface area (Å²) in [5, 5.41) is 22.3. The van der Waals surface area contributed by atoms with Crippen LogP contribution < -0.4 is 5.32 Å². The fourth-order valence-electron chi connectivity index (χ4n) is 2.05. The van der Waals surface area contributed by atoms with Gasteiger partial charge in [0.05, 0.1) is 12.2 Å². The zero-order chi connectivity index (χ0) is 13.9. The third-order valence-corrected chi connectivity index (χ3v) is 3.42. The molecule has 0 aliphatic carbocycles. The first kappa shape index (κ1) is 17.9. The van der Waals surface area contributed by atoms with E-state index in [2.05, 4.69) is 19.2 Å². The number of rotatable bonds is 12. The average molecular weight is 259 g/mol. The van der Waals surface area contributed by atoms with E-state index in [1.807, 2.05) is 0 Å². The van der Waals surface area contributed by atoms with E-state index in [-0.39, 0.29) is 6.61 Å². The van der Waals surface area contributed by atoms with Crippen molar-refractivity contribution in [1.29, 1.82) is 0 Å². The average Bonchev–Trinajstić information content (AvgIpc) is 2.36. The van der Waals surface area contributed by atoms with Gasteiger partial charge in [0.15, 0.2) is 0 Å². The zero-order valence-corrected chi connectivity index (χ0v) is 12.5. The molecule has 1 atom stereocenters. The second-order valence-electron chi connectivity index (χ2n) is 5.72. The summed E-state index contributed by atoms with van der Waals surface area (Å²) in [6.45, 7) is 6.41. The fraction of sp³-hybridized carbons (Fsp3) is 1.00. The normalized spacial score (nSPS) is 15.0. The Balaban J connectivity index is 3.94. The minimum Gasteiger partial charge on any atom is -0.393 e. The maximum atomic E-state index is 9.80. The number of nitrogens with one attached hydrogen (secondary N) is 1. The van der Waals surface area contributed by atoms with Gasteiger partial charge in [0.2, 0.25) is 0 Å². The quantitative estimate of drug-likeness (QED) is 0.472. The van der Waals surface area contributed by atoms with Gasteiger partial charge < -0.3 is 15.5 Å². The number of aliphatic hydroxyl groups excluding tert-OH is 1. The Kier molecular flexibility index (Phi) is 10.7. The van der Waals surface area contributed by atoms with Crippen LogP contribution in [0.1, 0.15) is 72.1 Å². The van der Waals surface area contributed by atoms with Gasteiger partial charge in [-0.2, -0.15) is 0 Å². The van der Waals surface area contributed by atoms with Crippen LogP contribution in [0, 0.1) is 0 Å². The van der Waals surface area contributed by atoms with E-state index < -0.39 is 5.60 Å². The van der Waals surface area contributed by atoms with Crippen molar-refractivity contribution >= 4 is 0 Å². The maximum absolute atomic E-state index is 9.80. The Bertz CT molecular complexity index is 173. The van der Waals surface area contributed by atoms with Gasteiger partial charge in [-0.3, -0.25) is 0 Å². The third kappa shape index (κ3) is 9.86. The minimum absolute atomic E-state index is 0.184. The molecular weight excluding hydrogens is 226 g/mol. The van der Waals surface area contributed by atoms with Gasteiger partial charge in [-0.1, -0.05) is 52.4 Å². The zero-order valence-electron chi connectivity index (χ0n) is 12.5. The minimum atomic E-state index is -0.992. The molecule has 110 valence electrons. The fourth-order valence-corrected chi connectivity index (χ4v) is 2.05. The Labute approximate surface area is 113 Å². The summed E-state index contributed by atoms with van der Waals surface area (Å²) >= 11 is 0. The highest BCUT2D eigenvalue weighted by atomic mass is 16.3. The molecule has 0 heterocycles. The van der Waals surface area contributed by atoms with Gasteiger partial charge in [0.25, 0.3) is 0 Å². The second-order valence-corrected chi connectivity index (χ2v) is 5.72. The van der Waals surface area contributed by atoms with E-state index in [4.69, 9.17) is 5.11 Å². The molecule has 0 aromatic carbocycles. The molecule has 0 bridgehead atoms. The predicted octanol–water partition coefficient (Wildman–Crippen LogP) is 2.85. The lowest BCUT2D eigenvalue weighted by Crippen LogP contribution is -2.44. The van der Waals surface area contributed by atoms with Crippen LogP contribution in [0.25, 0.3) is 0 Å². The molecule has 0 aliphatic rings. The molecule has 0 amide bonds. The van der Waals surface area contributed by atoms with Gasteiger partial charge in [-0.05, 0) is 19.8 Å². The highest BCUT2D eigenvalue weighted by molar-refractivity contribution is 4.77. The molecule has 0 saturated heterocycles. The highest BCUT2D eigenvalue weighted by Crippen LogP contribution is 2.12. The molecule has 0 radical (unpaired) electrons. The van der Waals surface area contributed by atoms with Crippen LogP contribution in [-0.2, 0) is 0 Å². The standard InChI is InChI=1S/C15H33NO2/c1-4-6-8-10-14(11-9-7-5-2)16-12-15(3,18)13-17/h14,16-18H,4-13H2,1-3H3. The van der Waals surface area contributed by atoms with E-state index in [1.54, 1.807) is 6.92 Å². The van der Waals surface area contributed by atoms with Gasteiger partial charge in [0, 0.05) is 12.6 Å². The van der Waals surface area contributed by atoms with Crippen LogP contribution >= 0.6 is 0 Å².